The van der Waals surface area contributed by atoms with Crippen molar-refractivity contribution in [1.29, 1.82) is 0 Å². The Morgan fingerprint density at radius 3 is 2.11 bits per heavy atom. The van der Waals surface area contributed by atoms with Crippen LogP contribution in [0, 0.1) is 0 Å². The normalized spacial score (nSPS) is 12.5. The van der Waals surface area contributed by atoms with Crippen molar-refractivity contribution in [3.63, 3.8) is 0 Å². The van der Waals surface area contributed by atoms with E-state index in [-0.39, 0.29) is 0 Å². The fourth-order valence-corrected chi connectivity index (χ4v) is 2.09. The van der Waals surface area contributed by atoms with Crippen molar-refractivity contribution in [2.45, 2.75) is 38.8 Å². The monoisotopic (exact) mass is 257 g/mol. The van der Waals surface area contributed by atoms with Gasteiger partial charge in [-0.15, -0.1) is 0 Å². The van der Waals surface area contributed by atoms with Crippen LogP contribution < -0.4 is 0 Å². The van der Waals surface area contributed by atoms with Gasteiger partial charge < -0.3 is 0 Å². The van der Waals surface area contributed by atoms with E-state index in [1.807, 2.05) is 56.3 Å². The minimum absolute atomic E-state index is 0.582. The first kappa shape index (κ1) is 13.7. The predicted octanol–water partition coefficient (Wildman–Crippen LogP) is 4.77. The minimum atomic E-state index is -1.31. The molecule has 0 radical (unpaired) electrons. The summed E-state index contributed by atoms with van der Waals surface area (Å²) in [6.07, 6.45) is 1.76. The van der Waals surface area contributed by atoms with Crippen molar-refractivity contribution in [2.75, 3.05) is 0 Å². The van der Waals surface area contributed by atoms with E-state index >= 15 is 0 Å². The molecule has 2 heteroatoms. The van der Waals surface area contributed by atoms with Crippen LogP contribution in [0.1, 0.15) is 33.3 Å². The molecule has 0 amide bonds. The Balaban J connectivity index is 2.61. The molecule has 2 rings (SSSR count). The number of benzene rings is 1. The van der Waals surface area contributed by atoms with Gasteiger partial charge in [0.2, 0.25) is 0 Å². The van der Waals surface area contributed by atoms with Crippen LogP contribution >= 0.6 is 0 Å². The first-order valence-electron chi connectivity index (χ1n) is 6.54. The summed E-state index contributed by atoms with van der Waals surface area (Å²) in [7, 11) is 0. The van der Waals surface area contributed by atoms with Gasteiger partial charge in [0.1, 0.15) is 5.67 Å². The number of pyridine rings is 1. The molecule has 0 aliphatic rings. The molecule has 0 atom stereocenters. The van der Waals surface area contributed by atoms with Gasteiger partial charge in [-0.3, -0.25) is 4.98 Å². The Labute approximate surface area is 114 Å². The first-order valence-corrected chi connectivity index (χ1v) is 6.54. The summed E-state index contributed by atoms with van der Waals surface area (Å²) in [4.78, 5) is 4.38. The lowest BCUT2D eigenvalue weighted by Crippen LogP contribution is -2.39. The molecule has 0 N–H and O–H groups in total. The van der Waals surface area contributed by atoms with E-state index in [4.69, 9.17) is 0 Å². The van der Waals surface area contributed by atoms with Crippen molar-refractivity contribution < 1.29 is 4.39 Å². The van der Waals surface area contributed by atoms with Gasteiger partial charge in [-0.1, -0.05) is 44.2 Å². The maximum Gasteiger partial charge on any atom is 0.114 e. The zero-order valence-corrected chi connectivity index (χ0v) is 11.9. The van der Waals surface area contributed by atoms with Crippen molar-refractivity contribution >= 4 is 0 Å². The van der Waals surface area contributed by atoms with Gasteiger partial charge in [0.15, 0.2) is 0 Å². The third-order valence-electron chi connectivity index (χ3n) is 4.03. The summed E-state index contributed by atoms with van der Waals surface area (Å²) in [6.45, 7) is 7.13. The molecule has 1 aromatic carbocycles. The first-order chi connectivity index (χ1) is 8.84. The second-order valence-corrected chi connectivity index (χ2v) is 5.86. The number of nitrogens with zero attached hydrogens (tertiary/aromatic N) is 1. The fourth-order valence-electron chi connectivity index (χ4n) is 2.09. The molecule has 1 heterocycles. The Kier molecular flexibility index (Phi) is 3.44. The van der Waals surface area contributed by atoms with Gasteiger partial charge in [0.05, 0.1) is 5.69 Å². The molecule has 0 spiro atoms. The highest BCUT2D eigenvalue weighted by molar-refractivity contribution is 5.65. The summed E-state index contributed by atoms with van der Waals surface area (Å²) < 4.78 is 14.5. The quantitative estimate of drug-likeness (QED) is 0.771. The molecular weight excluding hydrogens is 237 g/mol. The van der Waals surface area contributed by atoms with Crippen LogP contribution in [0.4, 0.5) is 4.39 Å². The number of hydrogen-bond acceptors (Lipinski definition) is 1. The van der Waals surface area contributed by atoms with E-state index in [9.17, 15) is 4.39 Å². The van der Waals surface area contributed by atoms with Gasteiger partial charge in [-0.25, -0.2) is 4.39 Å². The third kappa shape index (κ3) is 2.53. The summed E-state index contributed by atoms with van der Waals surface area (Å²) in [5, 5.41) is 0. The number of alkyl halides is 1. The van der Waals surface area contributed by atoms with E-state index in [0.29, 0.717) is 0 Å². The molecular formula is C17H20FN. The topological polar surface area (TPSA) is 12.9 Å². The van der Waals surface area contributed by atoms with Gasteiger partial charge in [-0.2, -0.15) is 0 Å². The Morgan fingerprint density at radius 2 is 1.53 bits per heavy atom. The lowest BCUT2D eigenvalue weighted by Gasteiger charge is -2.37. The minimum Gasteiger partial charge on any atom is -0.256 e. The Hall–Kier alpha value is -1.70. The van der Waals surface area contributed by atoms with Crippen molar-refractivity contribution in [3.05, 3.63) is 54.2 Å². The largest absolute Gasteiger partial charge is 0.256 e. The average molecular weight is 257 g/mol. The van der Waals surface area contributed by atoms with Crippen LogP contribution in [0.2, 0.25) is 0 Å². The zero-order valence-electron chi connectivity index (χ0n) is 11.9. The van der Waals surface area contributed by atoms with E-state index < -0.39 is 11.1 Å². The molecule has 19 heavy (non-hydrogen) atoms. The van der Waals surface area contributed by atoms with Gasteiger partial charge in [0.25, 0.3) is 0 Å². The number of hydrogen-bond donors (Lipinski definition) is 0. The molecule has 2 aromatic rings. The average Bonchev–Trinajstić information content (AvgIpc) is 2.38. The molecule has 0 aliphatic carbocycles. The van der Waals surface area contributed by atoms with E-state index in [1.54, 1.807) is 20.0 Å². The number of halogens is 1. The highest BCUT2D eigenvalue weighted by Gasteiger charge is 2.40. The summed E-state index contributed by atoms with van der Waals surface area (Å²) >= 11 is 0. The summed E-state index contributed by atoms with van der Waals surface area (Å²) in [5.74, 6) is 0. The van der Waals surface area contributed by atoms with Crippen LogP contribution in [0.25, 0.3) is 11.3 Å². The van der Waals surface area contributed by atoms with E-state index in [1.165, 1.54) is 0 Å². The van der Waals surface area contributed by atoms with Crippen LogP contribution in [0.5, 0.6) is 0 Å². The standard InChI is InChI=1S/C17H20FN/c1-16(2,17(3,4)18)14-10-6-5-9-13(14)15-11-7-8-12-19-15/h5-12H,1-4H3. The number of rotatable bonds is 3. The van der Waals surface area contributed by atoms with Gasteiger partial charge in [0, 0.05) is 17.2 Å². The molecule has 0 bridgehead atoms. The highest BCUT2D eigenvalue weighted by Crippen LogP contribution is 2.41. The predicted molar refractivity (Wildman–Crippen MR) is 77.9 cm³/mol. The smallest absolute Gasteiger partial charge is 0.114 e. The fraction of sp³-hybridized carbons (Fsp3) is 0.353. The highest BCUT2D eigenvalue weighted by atomic mass is 19.1. The Morgan fingerprint density at radius 1 is 0.895 bits per heavy atom. The van der Waals surface area contributed by atoms with Crippen molar-refractivity contribution in [1.82, 2.24) is 4.98 Å². The van der Waals surface area contributed by atoms with Gasteiger partial charge >= 0.3 is 0 Å². The molecule has 1 aromatic heterocycles. The summed E-state index contributed by atoms with van der Waals surface area (Å²) in [5.41, 5.74) is 0.981. The van der Waals surface area contributed by atoms with E-state index in [0.717, 1.165) is 16.8 Å². The van der Waals surface area contributed by atoms with Crippen LogP contribution in [0.15, 0.2) is 48.7 Å². The molecule has 0 unspecified atom stereocenters. The molecule has 0 saturated heterocycles. The maximum absolute atomic E-state index is 14.5. The zero-order chi connectivity index (χ0) is 14.1. The summed E-state index contributed by atoms with van der Waals surface area (Å²) in [6, 6.07) is 13.7. The van der Waals surface area contributed by atoms with Gasteiger partial charge in [-0.05, 0) is 31.5 Å². The molecule has 100 valence electrons. The van der Waals surface area contributed by atoms with Crippen LogP contribution in [0.3, 0.4) is 0 Å². The SMILES string of the molecule is CC(C)(F)C(C)(C)c1ccccc1-c1ccccn1. The van der Waals surface area contributed by atoms with E-state index in [2.05, 4.69) is 4.98 Å². The molecule has 1 nitrogen and oxygen atoms in total. The molecule has 0 fully saturated rings. The second kappa shape index (κ2) is 4.76. The van der Waals surface area contributed by atoms with Crippen LogP contribution in [-0.2, 0) is 5.41 Å². The lowest BCUT2D eigenvalue weighted by atomic mass is 9.71. The van der Waals surface area contributed by atoms with Crippen LogP contribution in [-0.4, -0.2) is 10.7 Å². The third-order valence-corrected chi connectivity index (χ3v) is 4.03. The number of aromatic nitrogens is 1. The van der Waals surface area contributed by atoms with Crippen molar-refractivity contribution in [3.8, 4) is 11.3 Å². The maximum atomic E-state index is 14.5. The molecule has 0 aliphatic heterocycles. The lowest BCUT2D eigenvalue weighted by molar-refractivity contribution is 0.114. The Bertz CT molecular complexity index is 553. The second-order valence-electron chi connectivity index (χ2n) is 5.86. The molecule has 0 saturated carbocycles. The van der Waals surface area contributed by atoms with Crippen molar-refractivity contribution in [2.24, 2.45) is 0 Å².